The molecule has 0 amide bonds. The summed E-state index contributed by atoms with van der Waals surface area (Å²) in [5.74, 6) is -1.81. The molecule has 0 saturated heterocycles. The average Bonchev–Trinajstić information content (AvgIpc) is 2.91. The zero-order valence-corrected chi connectivity index (χ0v) is 12.1. The molecule has 3 rings (SSSR count). The molecule has 11 heteroatoms. The van der Waals surface area contributed by atoms with Crippen LogP contribution in [0.25, 0.3) is 16.8 Å². The molecule has 0 radical (unpaired) electrons. The summed E-state index contributed by atoms with van der Waals surface area (Å²) in [6, 6.07) is 6.15. The molecule has 0 aliphatic rings. The van der Waals surface area contributed by atoms with Crippen LogP contribution < -0.4 is 10.5 Å². The molecule has 0 atom stereocenters. The molecule has 0 bridgehead atoms. The number of ether oxygens (including phenoxy) is 1. The van der Waals surface area contributed by atoms with Crippen LogP contribution in [-0.4, -0.2) is 21.0 Å². The lowest BCUT2D eigenvalue weighted by Gasteiger charge is -2.12. The SMILES string of the molecule is Nc1cc(-c2ccc3nnc(C(F)(F)F)n3c2)ccc1OC(F)(F)F. The maximum atomic E-state index is 12.9. The lowest BCUT2D eigenvalue weighted by Crippen LogP contribution is -2.18. The number of hydrogen-bond acceptors (Lipinski definition) is 4. The van der Waals surface area contributed by atoms with Gasteiger partial charge in [-0.1, -0.05) is 6.07 Å². The number of rotatable bonds is 2. The molecule has 2 N–H and O–H groups in total. The van der Waals surface area contributed by atoms with E-state index in [0.29, 0.717) is 5.56 Å². The molecule has 25 heavy (non-hydrogen) atoms. The first kappa shape index (κ1) is 16.9. The minimum atomic E-state index is -4.90. The zero-order chi connectivity index (χ0) is 18.4. The fraction of sp³-hybridized carbons (Fsp3) is 0.143. The highest BCUT2D eigenvalue weighted by Gasteiger charge is 2.37. The van der Waals surface area contributed by atoms with Crippen molar-refractivity contribution in [2.75, 3.05) is 5.73 Å². The first-order valence-corrected chi connectivity index (χ1v) is 6.62. The van der Waals surface area contributed by atoms with Crippen LogP contribution in [0.4, 0.5) is 32.0 Å². The Morgan fingerprint density at radius 1 is 0.920 bits per heavy atom. The third kappa shape index (κ3) is 3.44. The highest BCUT2D eigenvalue weighted by atomic mass is 19.4. The van der Waals surface area contributed by atoms with Gasteiger partial charge in [-0.05, 0) is 35.4 Å². The van der Waals surface area contributed by atoms with Gasteiger partial charge >= 0.3 is 12.5 Å². The largest absolute Gasteiger partial charge is 0.573 e. The maximum Gasteiger partial charge on any atom is 0.573 e. The lowest BCUT2D eigenvalue weighted by atomic mass is 10.1. The number of benzene rings is 1. The van der Waals surface area contributed by atoms with Crippen molar-refractivity contribution in [3.05, 3.63) is 42.4 Å². The van der Waals surface area contributed by atoms with Gasteiger partial charge in [-0.25, -0.2) is 0 Å². The summed E-state index contributed by atoms with van der Waals surface area (Å²) < 4.78 is 79.9. The molecule has 0 saturated carbocycles. The number of nitrogen functional groups attached to an aromatic ring is 1. The molecule has 1 aromatic carbocycles. The van der Waals surface area contributed by atoms with Gasteiger partial charge in [0, 0.05) is 6.20 Å². The second-order valence-electron chi connectivity index (χ2n) is 4.97. The summed E-state index contributed by atoms with van der Waals surface area (Å²) >= 11 is 0. The highest BCUT2D eigenvalue weighted by molar-refractivity contribution is 5.71. The van der Waals surface area contributed by atoms with Crippen LogP contribution in [0.1, 0.15) is 5.82 Å². The third-order valence-corrected chi connectivity index (χ3v) is 3.22. The molecule has 3 aromatic rings. The Kier molecular flexibility index (Phi) is 3.73. The Hall–Kier alpha value is -2.98. The van der Waals surface area contributed by atoms with Gasteiger partial charge in [-0.2, -0.15) is 13.2 Å². The van der Waals surface area contributed by atoms with E-state index >= 15 is 0 Å². The Labute approximate surface area is 135 Å². The standard InChI is InChI=1S/C14H8F6N4O/c15-13(16,17)12-23-22-11-4-2-8(6-24(11)12)7-1-3-10(9(21)5-7)25-14(18,19)20/h1-6H,21H2. The molecule has 0 aliphatic carbocycles. The van der Waals surface area contributed by atoms with Crippen LogP contribution in [0, 0.1) is 0 Å². The van der Waals surface area contributed by atoms with E-state index in [2.05, 4.69) is 14.9 Å². The number of alkyl halides is 6. The van der Waals surface area contributed by atoms with Crippen LogP contribution >= 0.6 is 0 Å². The minimum Gasteiger partial charge on any atom is -0.404 e. The van der Waals surface area contributed by atoms with E-state index in [9.17, 15) is 26.3 Å². The fourth-order valence-electron chi connectivity index (χ4n) is 2.20. The van der Waals surface area contributed by atoms with Crippen molar-refractivity contribution in [3.8, 4) is 16.9 Å². The van der Waals surface area contributed by atoms with Crippen molar-refractivity contribution in [3.63, 3.8) is 0 Å². The summed E-state index contributed by atoms with van der Waals surface area (Å²) in [4.78, 5) is 0. The minimum absolute atomic E-state index is 0.0268. The molecule has 5 nitrogen and oxygen atoms in total. The van der Waals surface area contributed by atoms with Gasteiger partial charge in [0.2, 0.25) is 5.82 Å². The molecule has 132 valence electrons. The topological polar surface area (TPSA) is 65.4 Å². The van der Waals surface area contributed by atoms with E-state index in [-0.39, 0.29) is 16.9 Å². The summed E-state index contributed by atoms with van der Waals surface area (Å²) in [5, 5.41) is 6.51. The smallest absolute Gasteiger partial charge is 0.404 e. The molecule has 2 aromatic heterocycles. The third-order valence-electron chi connectivity index (χ3n) is 3.22. The zero-order valence-electron chi connectivity index (χ0n) is 12.1. The van der Waals surface area contributed by atoms with Crippen LogP contribution in [0.15, 0.2) is 36.5 Å². The summed E-state index contributed by atoms with van der Waals surface area (Å²) in [7, 11) is 0. The van der Waals surface area contributed by atoms with Gasteiger partial charge in [0.1, 0.15) is 0 Å². The van der Waals surface area contributed by atoms with Gasteiger partial charge in [-0.3, -0.25) is 4.40 Å². The van der Waals surface area contributed by atoms with Crippen LogP contribution in [0.5, 0.6) is 5.75 Å². The summed E-state index contributed by atoms with van der Waals surface area (Å²) in [6.45, 7) is 0. The van der Waals surface area contributed by atoms with Gasteiger partial charge in [-0.15, -0.1) is 23.4 Å². The van der Waals surface area contributed by atoms with Gasteiger partial charge in [0.05, 0.1) is 5.69 Å². The second kappa shape index (κ2) is 5.53. The second-order valence-corrected chi connectivity index (χ2v) is 4.97. The van der Waals surface area contributed by atoms with Crippen LogP contribution in [0.3, 0.4) is 0 Å². The van der Waals surface area contributed by atoms with E-state index in [4.69, 9.17) is 5.73 Å². The van der Waals surface area contributed by atoms with E-state index in [1.807, 2.05) is 0 Å². The molecule has 2 heterocycles. The first-order chi connectivity index (χ1) is 11.5. The average molecular weight is 362 g/mol. The number of hydrogen-bond donors (Lipinski definition) is 1. The quantitative estimate of drug-likeness (QED) is 0.555. The molecule has 0 spiro atoms. The number of nitrogens with zero attached hydrogens (tertiary/aromatic N) is 3. The molecule has 0 unspecified atom stereocenters. The van der Waals surface area contributed by atoms with Crippen molar-refractivity contribution in [2.45, 2.75) is 12.5 Å². The van der Waals surface area contributed by atoms with Crippen molar-refractivity contribution in [1.82, 2.24) is 14.6 Å². The van der Waals surface area contributed by atoms with Crippen LogP contribution in [-0.2, 0) is 6.18 Å². The lowest BCUT2D eigenvalue weighted by molar-refractivity contribution is -0.274. The number of halogens is 6. The Morgan fingerprint density at radius 2 is 1.60 bits per heavy atom. The summed E-state index contributed by atoms with van der Waals surface area (Å²) in [6.07, 6.45) is -8.49. The van der Waals surface area contributed by atoms with E-state index in [1.165, 1.54) is 24.3 Å². The number of pyridine rings is 1. The van der Waals surface area contributed by atoms with E-state index in [0.717, 1.165) is 16.7 Å². The molecule has 0 aliphatic heterocycles. The predicted molar refractivity (Wildman–Crippen MR) is 74.5 cm³/mol. The van der Waals surface area contributed by atoms with Gasteiger partial charge in [0.25, 0.3) is 0 Å². The number of nitrogens with two attached hydrogens (primary N) is 1. The number of anilines is 1. The Balaban J connectivity index is 2.03. The highest BCUT2D eigenvalue weighted by Crippen LogP contribution is 2.33. The van der Waals surface area contributed by atoms with Gasteiger partial charge < -0.3 is 10.5 Å². The fourth-order valence-corrected chi connectivity index (χ4v) is 2.20. The normalized spacial score (nSPS) is 12.6. The summed E-state index contributed by atoms with van der Waals surface area (Å²) in [5.41, 5.74) is 5.77. The van der Waals surface area contributed by atoms with Crippen LogP contribution in [0.2, 0.25) is 0 Å². The first-order valence-electron chi connectivity index (χ1n) is 6.62. The van der Waals surface area contributed by atoms with Crippen molar-refractivity contribution >= 4 is 11.3 Å². The maximum absolute atomic E-state index is 12.9. The predicted octanol–water partition coefficient (Wildman–Crippen LogP) is 3.90. The molecular formula is C14H8F6N4O. The van der Waals surface area contributed by atoms with E-state index in [1.54, 1.807) is 0 Å². The molecule has 0 fully saturated rings. The van der Waals surface area contributed by atoms with Crippen molar-refractivity contribution < 1.29 is 31.1 Å². The Morgan fingerprint density at radius 3 is 2.20 bits per heavy atom. The Bertz CT molecular complexity index is 931. The van der Waals surface area contributed by atoms with E-state index < -0.39 is 24.1 Å². The number of aromatic nitrogens is 3. The molecular weight excluding hydrogens is 354 g/mol. The van der Waals surface area contributed by atoms with Gasteiger partial charge in [0.15, 0.2) is 11.4 Å². The van der Waals surface area contributed by atoms with Crippen molar-refractivity contribution in [1.29, 1.82) is 0 Å². The number of fused-ring (bicyclic) bond motifs is 1. The van der Waals surface area contributed by atoms with Crippen molar-refractivity contribution in [2.24, 2.45) is 0 Å². The monoisotopic (exact) mass is 362 g/mol.